The summed E-state index contributed by atoms with van der Waals surface area (Å²) in [6.45, 7) is 5.00. The highest BCUT2D eigenvalue weighted by Gasteiger charge is 2.24. The molecule has 110 valence electrons. The van der Waals surface area contributed by atoms with Crippen molar-refractivity contribution < 1.29 is 4.74 Å². The molecule has 0 N–H and O–H groups in total. The van der Waals surface area contributed by atoms with Gasteiger partial charge in [0.05, 0.1) is 7.11 Å². The maximum atomic E-state index is 5.34. The van der Waals surface area contributed by atoms with E-state index >= 15 is 0 Å². The second kappa shape index (κ2) is 6.49. The van der Waals surface area contributed by atoms with Crippen LogP contribution in [0.25, 0.3) is 0 Å². The Morgan fingerprint density at radius 2 is 1.85 bits per heavy atom. The summed E-state index contributed by atoms with van der Waals surface area (Å²) in [5.41, 5.74) is 1.31. The summed E-state index contributed by atoms with van der Waals surface area (Å²) in [5.74, 6) is 0.961. The monoisotopic (exact) mass is 274 g/mol. The number of nitrogens with zero attached hydrogens (tertiary/aromatic N) is 2. The molecule has 2 heterocycles. The van der Waals surface area contributed by atoms with Crippen LogP contribution in [-0.2, 0) is 0 Å². The average molecular weight is 274 g/mol. The maximum absolute atomic E-state index is 5.34. The molecule has 0 radical (unpaired) electrons. The molecule has 1 aromatic rings. The predicted molar refractivity (Wildman–Crippen MR) is 83.7 cm³/mol. The van der Waals surface area contributed by atoms with Gasteiger partial charge in [0.1, 0.15) is 5.75 Å². The molecule has 2 fully saturated rings. The van der Waals surface area contributed by atoms with Gasteiger partial charge in [-0.2, -0.15) is 0 Å². The minimum absolute atomic E-state index is 0.813. The van der Waals surface area contributed by atoms with Crippen molar-refractivity contribution in [3.8, 4) is 5.75 Å². The van der Waals surface area contributed by atoms with Gasteiger partial charge in [0.15, 0.2) is 0 Å². The Balaban J connectivity index is 1.64. The number of anilines is 1. The minimum atomic E-state index is 0.813. The van der Waals surface area contributed by atoms with Crippen molar-refractivity contribution in [2.24, 2.45) is 0 Å². The van der Waals surface area contributed by atoms with Crippen LogP contribution in [0, 0.1) is 0 Å². The Morgan fingerprint density at radius 3 is 2.65 bits per heavy atom. The van der Waals surface area contributed by atoms with Crippen molar-refractivity contribution in [1.29, 1.82) is 0 Å². The molecular weight excluding hydrogens is 248 g/mol. The van der Waals surface area contributed by atoms with Gasteiger partial charge in [-0.3, -0.25) is 0 Å². The summed E-state index contributed by atoms with van der Waals surface area (Å²) in [4.78, 5) is 5.24. The molecule has 20 heavy (non-hydrogen) atoms. The van der Waals surface area contributed by atoms with E-state index in [9.17, 15) is 0 Å². The van der Waals surface area contributed by atoms with Crippen LogP contribution in [0.3, 0.4) is 0 Å². The van der Waals surface area contributed by atoms with Crippen LogP contribution < -0.4 is 9.64 Å². The third-order valence-electron chi connectivity index (χ3n) is 4.77. The zero-order chi connectivity index (χ0) is 13.8. The summed E-state index contributed by atoms with van der Waals surface area (Å²) in [5, 5.41) is 0. The fourth-order valence-corrected chi connectivity index (χ4v) is 3.62. The smallest absolute Gasteiger partial charge is 0.120 e. The molecule has 3 nitrogen and oxygen atoms in total. The maximum Gasteiger partial charge on any atom is 0.120 e. The van der Waals surface area contributed by atoms with Crippen LogP contribution in [0.15, 0.2) is 24.3 Å². The SMILES string of the molecule is COc1cccc(N2CCCC(N3CCCC3)CC2)c1. The molecule has 1 unspecified atom stereocenters. The van der Waals surface area contributed by atoms with Crippen molar-refractivity contribution >= 4 is 5.69 Å². The highest BCUT2D eigenvalue weighted by atomic mass is 16.5. The Hall–Kier alpha value is -1.22. The third kappa shape index (κ3) is 3.09. The van der Waals surface area contributed by atoms with Gasteiger partial charge < -0.3 is 14.5 Å². The quantitative estimate of drug-likeness (QED) is 0.842. The van der Waals surface area contributed by atoms with Crippen LogP contribution in [0.2, 0.25) is 0 Å². The molecule has 2 saturated heterocycles. The number of methoxy groups -OCH3 is 1. The molecule has 1 aromatic carbocycles. The van der Waals surface area contributed by atoms with E-state index in [-0.39, 0.29) is 0 Å². The van der Waals surface area contributed by atoms with Gasteiger partial charge in [-0.15, -0.1) is 0 Å². The zero-order valence-electron chi connectivity index (χ0n) is 12.6. The van der Waals surface area contributed by atoms with Crippen LogP contribution in [-0.4, -0.2) is 44.2 Å². The van der Waals surface area contributed by atoms with E-state index in [0.717, 1.165) is 11.8 Å². The number of hydrogen-bond acceptors (Lipinski definition) is 3. The van der Waals surface area contributed by atoms with E-state index < -0.39 is 0 Å². The van der Waals surface area contributed by atoms with Gasteiger partial charge in [-0.05, 0) is 57.3 Å². The highest BCUT2D eigenvalue weighted by molar-refractivity contribution is 5.50. The van der Waals surface area contributed by atoms with E-state index in [1.165, 1.54) is 64.0 Å². The molecule has 0 saturated carbocycles. The van der Waals surface area contributed by atoms with Crippen LogP contribution in [0.5, 0.6) is 5.75 Å². The molecule has 0 amide bonds. The van der Waals surface area contributed by atoms with Gasteiger partial charge in [0, 0.05) is 30.9 Å². The number of likely N-dealkylation sites (tertiary alicyclic amines) is 1. The molecule has 3 heteroatoms. The first-order chi connectivity index (χ1) is 9.86. The van der Waals surface area contributed by atoms with Crippen molar-refractivity contribution in [3.05, 3.63) is 24.3 Å². The van der Waals surface area contributed by atoms with Crippen molar-refractivity contribution in [2.75, 3.05) is 38.2 Å². The zero-order valence-corrected chi connectivity index (χ0v) is 12.6. The van der Waals surface area contributed by atoms with Gasteiger partial charge >= 0.3 is 0 Å². The summed E-state index contributed by atoms with van der Waals surface area (Å²) in [7, 11) is 1.74. The van der Waals surface area contributed by atoms with E-state index in [4.69, 9.17) is 4.74 Å². The normalized spacial score (nSPS) is 24.6. The first kappa shape index (κ1) is 13.7. The summed E-state index contributed by atoms with van der Waals surface area (Å²) in [6, 6.07) is 9.30. The molecule has 0 aliphatic carbocycles. The van der Waals surface area contributed by atoms with Crippen LogP contribution in [0.1, 0.15) is 32.1 Å². The second-order valence-electron chi connectivity index (χ2n) is 6.02. The Labute approximate surface area is 122 Å². The van der Waals surface area contributed by atoms with Gasteiger partial charge in [0.25, 0.3) is 0 Å². The Kier molecular flexibility index (Phi) is 4.46. The molecule has 0 aromatic heterocycles. The molecular formula is C17H26N2O. The topological polar surface area (TPSA) is 15.7 Å². The predicted octanol–water partition coefficient (Wildman–Crippen LogP) is 3.15. The van der Waals surface area contributed by atoms with Crippen LogP contribution in [0.4, 0.5) is 5.69 Å². The molecule has 0 bridgehead atoms. The van der Waals surface area contributed by atoms with E-state index in [1.54, 1.807) is 7.11 Å². The first-order valence-electron chi connectivity index (χ1n) is 8.00. The standard InChI is InChI=1S/C17H26N2O/c1-20-17-8-4-6-16(14-17)19-12-5-7-15(9-13-19)18-10-2-3-11-18/h4,6,8,14-15H,2-3,5,7,9-13H2,1H3. The van der Waals surface area contributed by atoms with Gasteiger partial charge in [-0.1, -0.05) is 6.07 Å². The highest BCUT2D eigenvalue weighted by Crippen LogP contribution is 2.26. The molecule has 1 atom stereocenters. The van der Waals surface area contributed by atoms with Crippen molar-refractivity contribution in [3.63, 3.8) is 0 Å². The summed E-state index contributed by atoms with van der Waals surface area (Å²) >= 11 is 0. The van der Waals surface area contributed by atoms with E-state index in [2.05, 4.69) is 28.0 Å². The Bertz CT molecular complexity index is 429. The molecule has 3 rings (SSSR count). The second-order valence-corrected chi connectivity index (χ2v) is 6.02. The van der Waals surface area contributed by atoms with Crippen molar-refractivity contribution in [1.82, 2.24) is 4.90 Å². The lowest BCUT2D eigenvalue weighted by molar-refractivity contribution is 0.225. The number of rotatable bonds is 3. The van der Waals surface area contributed by atoms with Gasteiger partial charge in [-0.25, -0.2) is 0 Å². The van der Waals surface area contributed by atoms with Crippen LogP contribution >= 0.6 is 0 Å². The number of benzene rings is 1. The number of ether oxygens (including phenoxy) is 1. The lowest BCUT2D eigenvalue weighted by atomic mass is 10.1. The largest absolute Gasteiger partial charge is 0.497 e. The first-order valence-corrected chi connectivity index (χ1v) is 8.00. The lowest BCUT2D eigenvalue weighted by Gasteiger charge is -2.27. The average Bonchev–Trinajstić information content (AvgIpc) is 2.92. The molecule has 0 spiro atoms. The number of hydrogen-bond donors (Lipinski definition) is 0. The molecule has 2 aliphatic rings. The fraction of sp³-hybridized carbons (Fsp3) is 0.647. The minimum Gasteiger partial charge on any atom is -0.497 e. The fourth-order valence-electron chi connectivity index (χ4n) is 3.62. The summed E-state index contributed by atoms with van der Waals surface area (Å²) < 4.78 is 5.34. The Morgan fingerprint density at radius 1 is 1.00 bits per heavy atom. The third-order valence-corrected chi connectivity index (χ3v) is 4.77. The lowest BCUT2D eigenvalue weighted by Crippen LogP contribution is -2.33. The van der Waals surface area contributed by atoms with Crippen molar-refractivity contribution in [2.45, 2.75) is 38.1 Å². The van der Waals surface area contributed by atoms with E-state index in [0.29, 0.717) is 0 Å². The molecule has 2 aliphatic heterocycles. The van der Waals surface area contributed by atoms with E-state index in [1.807, 2.05) is 6.07 Å². The summed E-state index contributed by atoms with van der Waals surface area (Å²) in [6.07, 6.45) is 6.77. The van der Waals surface area contributed by atoms with Gasteiger partial charge in [0.2, 0.25) is 0 Å².